The maximum absolute atomic E-state index is 6.04. The van der Waals surface area contributed by atoms with Crippen molar-refractivity contribution in [1.29, 1.82) is 0 Å². The highest BCUT2D eigenvalue weighted by molar-refractivity contribution is 6.32. The Morgan fingerprint density at radius 3 is 2.61 bits per heavy atom. The maximum Gasteiger partial charge on any atom is 0.137 e. The second-order valence-corrected chi connectivity index (χ2v) is 4.50. The fourth-order valence-electron chi connectivity index (χ4n) is 2.00. The molecule has 1 aromatic carbocycles. The number of likely N-dealkylation sites (N-methyl/N-ethyl adjacent to an activating group) is 1. The minimum Gasteiger partial charge on any atom is -0.495 e. The predicted octanol–water partition coefficient (Wildman–Crippen LogP) is 3.42. The van der Waals surface area contributed by atoms with Gasteiger partial charge in [0.2, 0.25) is 0 Å². The summed E-state index contributed by atoms with van der Waals surface area (Å²) in [6.45, 7) is 7.74. The van der Waals surface area contributed by atoms with Crippen molar-refractivity contribution in [2.45, 2.75) is 32.9 Å². The minimum absolute atomic E-state index is 0.0980. The van der Waals surface area contributed by atoms with E-state index in [1.54, 1.807) is 7.11 Å². The van der Waals surface area contributed by atoms with E-state index >= 15 is 0 Å². The topological polar surface area (TPSA) is 30.5 Å². The number of nitrogens with one attached hydrogen (secondary N) is 1. The lowest BCUT2D eigenvalue weighted by Crippen LogP contribution is -2.32. The summed E-state index contributed by atoms with van der Waals surface area (Å²) in [6, 6.07) is 5.97. The second kappa shape index (κ2) is 7.62. The lowest BCUT2D eigenvalue weighted by atomic mass is 10.0. The molecule has 4 heteroatoms. The van der Waals surface area contributed by atoms with Crippen molar-refractivity contribution in [2.75, 3.05) is 20.3 Å². The van der Waals surface area contributed by atoms with Gasteiger partial charge in [-0.3, -0.25) is 0 Å². The van der Waals surface area contributed by atoms with Gasteiger partial charge in [0.05, 0.1) is 24.3 Å². The number of hydrogen-bond donors (Lipinski definition) is 1. The minimum atomic E-state index is 0.0980. The molecule has 2 atom stereocenters. The van der Waals surface area contributed by atoms with Crippen molar-refractivity contribution in [3.05, 3.63) is 28.8 Å². The highest BCUT2D eigenvalue weighted by Crippen LogP contribution is 2.29. The lowest BCUT2D eigenvalue weighted by molar-refractivity contribution is 0.0476. The molecule has 0 saturated carbocycles. The van der Waals surface area contributed by atoms with Gasteiger partial charge in [0.25, 0.3) is 0 Å². The molecular weight excluding hydrogens is 250 g/mol. The average molecular weight is 272 g/mol. The van der Waals surface area contributed by atoms with Crippen LogP contribution in [0.2, 0.25) is 5.02 Å². The van der Waals surface area contributed by atoms with Gasteiger partial charge in [0.15, 0.2) is 0 Å². The molecule has 1 rings (SSSR count). The summed E-state index contributed by atoms with van der Waals surface area (Å²) in [5.41, 5.74) is 1.12. The van der Waals surface area contributed by atoms with Gasteiger partial charge in [-0.2, -0.15) is 0 Å². The third-order valence-corrected chi connectivity index (χ3v) is 3.17. The smallest absolute Gasteiger partial charge is 0.137 e. The van der Waals surface area contributed by atoms with Gasteiger partial charge in [0.1, 0.15) is 5.75 Å². The van der Waals surface area contributed by atoms with E-state index < -0.39 is 0 Å². The first-order valence-electron chi connectivity index (χ1n) is 6.32. The number of halogens is 1. The first-order chi connectivity index (χ1) is 8.63. The van der Waals surface area contributed by atoms with Crippen LogP contribution in [0.3, 0.4) is 0 Å². The van der Waals surface area contributed by atoms with Gasteiger partial charge in [-0.25, -0.2) is 0 Å². The Kier molecular flexibility index (Phi) is 6.47. The highest BCUT2D eigenvalue weighted by Gasteiger charge is 2.19. The fourth-order valence-corrected chi connectivity index (χ4v) is 2.20. The van der Waals surface area contributed by atoms with Gasteiger partial charge >= 0.3 is 0 Å². The molecule has 1 N–H and O–H groups in total. The average Bonchev–Trinajstić information content (AvgIpc) is 2.37. The van der Waals surface area contributed by atoms with Gasteiger partial charge < -0.3 is 14.8 Å². The molecule has 102 valence electrons. The monoisotopic (exact) mass is 271 g/mol. The highest BCUT2D eigenvalue weighted by atomic mass is 35.5. The van der Waals surface area contributed by atoms with Crippen LogP contribution < -0.4 is 10.1 Å². The van der Waals surface area contributed by atoms with Gasteiger partial charge in [-0.15, -0.1) is 0 Å². The molecule has 0 aliphatic carbocycles. The van der Waals surface area contributed by atoms with E-state index in [4.69, 9.17) is 21.1 Å². The van der Waals surface area contributed by atoms with E-state index in [9.17, 15) is 0 Å². The Bertz CT molecular complexity index is 371. The molecule has 0 amide bonds. The molecule has 3 nitrogen and oxygen atoms in total. The Morgan fingerprint density at radius 2 is 2.06 bits per heavy atom. The quantitative estimate of drug-likeness (QED) is 0.824. The number of methoxy groups -OCH3 is 1. The summed E-state index contributed by atoms with van der Waals surface area (Å²) >= 11 is 6.04. The molecule has 0 bridgehead atoms. The Hall–Kier alpha value is -0.770. The van der Waals surface area contributed by atoms with Crippen molar-refractivity contribution in [2.24, 2.45) is 0 Å². The normalized spacial score (nSPS) is 14.3. The molecule has 0 saturated heterocycles. The second-order valence-electron chi connectivity index (χ2n) is 4.09. The molecule has 0 aliphatic rings. The first kappa shape index (κ1) is 15.3. The summed E-state index contributed by atoms with van der Waals surface area (Å²) < 4.78 is 10.9. The zero-order chi connectivity index (χ0) is 13.5. The van der Waals surface area contributed by atoms with Crippen LogP contribution in [0.5, 0.6) is 5.75 Å². The van der Waals surface area contributed by atoms with Crippen LogP contribution in [-0.4, -0.2) is 26.4 Å². The Morgan fingerprint density at radius 1 is 1.33 bits per heavy atom. The lowest BCUT2D eigenvalue weighted by Gasteiger charge is -2.25. The van der Waals surface area contributed by atoms with Crippen molar-refractivity contribution in [1.82, 2.24) is 5.32 Å². The predicted molar refractivity (Wildman–Crippen MR) is 75.5 cm³/mol. The third-order valence-electron chi connectivity index (χ3n) is 2.86. The van der Waals surface area contributed by atoms with Crippen LogP contribution in [0.25, 0.3) is 0 Å². The molecule has 0 heterocycles. The van der Waals surface area contributed by atoms with Gasteiger partial charge in [-0.1, -0.05) is 24.6 Å². The van der Waals surface area contributed by atoms with Crippen LogP contribution in [0.4, 0.5) is 0 Å². The fraction of sp³-hybridized carbons (Fsp3) is 0.571. The van der Waals surface area contributed by atoms with E-state index in [-0.39, 0.29) is 12.1 Å². The van der Waals surface area contributed by atoms with Crippen LogP contribution in [-0.2, 0) is 4.74 Å². The zero-order valence-electron chi connectivity index (χ0n) is 11.5. The largest absolute Gasteiger partial charge is 0.495 e. The number of benzene rings is 1. The molecule has 18 heavy (non-hydrogen) atoms. The van der Waals surface area contributed by atoms with Crippen molar-refractivity contribution >= 4 is 11.6 Å². The summed E-state index contributed by atoms with van der Waals surface area (Å²) in [4.78, 5) is 0. The summed E-state index contributed by atoms with van der Waals surface area (Å²) in [7, 11) is 1.62. The first-order valence-corrected chi connectivity index (χ1v) is 6.70. The summed E-state index contributed by atoms with van der Waals surface area (Å²) in [5, 5.41) is 4.06. The summed E-state index contributed by atoms with van der Waals surface area (Å²) in [6.07, 6.45) is 0.0980. The Labute approximate surface area is 114 Å². The molecular formula is C14H22ClNO2. The molecule has 0 aromatic heterocycles. The van der Waals surface area contributed by atoms with Crippen LogP contribution in [0.1, 0.15) is 32.4 Å². The standard InChI is InChI=1S/C14H22ClNO2/c1-5-16-14(10(3)18-6-2)11-7-8-12(15)13(9-11)17-4/h7-10,14,16H,5-6H2,1-4H3. The molecule has 1 aromatic rings. The van der Waals surface area contributed by atoms with Crippen molar-refractivity contribution < 1.29 is 9.47 Å². The zero-order valence-corrected chi connectivity index (χ0v) is 12.3. The van der Waals surface area contributed by atoms with Crippen LogP contribution in [0, 0.1) is 0 Å². The van der Waals surface area contributed by atoms with Crippen LogP contribution in [0.15, 0.2) is 18.2 Å². The summed E-state index contributed by atoms with van der Waals surface area (Å²) in [5.74, 6) is 0.695. The van der Waals surface area contributed by atoms with E-state index in [2.05, 4.69) is 19.2 Å². The number of ether oxygens (including phenoxy) is 2. The molecule has 2 unspecified atom stereocenters. The van der Waals surface area contributed by atoms with Gasteiger partial charge in [-0.05, 0) is 38.1 Å². The molecule has 0 fully saturated rings. The Balaban J connectivity index is 2.97. The van der Waals surface area contributed by atoms with Crippen molar-refractivity contribution in [3.63, 3.8) is 0 Å². The SMILES string of the molecule is CCNC(c1ccc(Cl)c(OC)c1)C(C)OCC. The van der Waals surface area contributed by atoms with Gasteiger partial charge in [0, 0.05) is 6.61 Å². The van der Waals surface area contributed by atoms with E-state index in [0.717, 1.165) is 12.1 Å². The van der Waals surface area contributed by atoms with E-state index in [1.165, 1.54) is 0 Å². The van der Waals surface area contributed by atoms with Crippen LogP contribution >= 0.6 is 11.6 Å². The molecule has 0 aliphatic heterocycles. The number of hydrogen-bond acceptors (Lipinski definition) is 3. The number of rotatable bonds is 7. The maximum atomic E-state index is 6.04. The third kappa shape index (κ3) is 3.87. The van der Waals surface area contributed by atoms with Crippen molar-refractivity contribution in [3.8, 4) is 5.75 Å². The van der Waals surface area contributed by atoms with E-state index in [1.807, 2.05) is 25.1 Å². The van der Waals surface area contributed by atoms with E-state index in [0.29, 0.717) is 17.4 Å². The molecule has 0 spiro atoms. The molecule has 0 radical (unpaired) electrons.